The minimum atomic E-state index is -0.418. The predicted molar refractivity (Wildman–Crippen MR) is 79.0 cm³/mol. The van der Waals surface area contributed by atoms with Gasteiger partial charge in [0.15, 0.2) is 0 Å². The average Bonchev–Trinajstić information content (AvgIpc) is 2.45. The molecule has 0 fully saturated rings. The maximum Gasteiger partial charge on any atom is 0.290 e. The SMILES string of the molecule is Cc1nc(NCC(C)c2ccccc2)ccc1[N+](=O)[O-]. The number of hydrogen-bond donors (Lipinski definition) is 1. The van der Waals surface area contributed by atoms with Gasteiger partial charge in [-0.2, -0.15) is 0 Å². The molecule has 20 heavy (non-hydrogen) atoms. The highest BCUT2D eigenvalue weighted by Crippen LogP contribution is 2.19. The molecule has 0 aliphatic rings. The van der Waals surface area contributed by atoms with Gasteiger partial charge >= 0.3 is 0 Å². The van der Waals surface area contributed by atoms with E-state index in [4.69, 9.17) is 0 Å². The smallest absolute Gasteiger partial charge is 0.290 e. The number of anilines is 1. The predicted octanol–water partition coefficient (Wildman–Crippen LogP) is 3.51. The Balaban J connectivity index is 2.01. The lowest BCUT2D eigenvalue weighted by molar-refractivity contribution is -0.385. The summed E-state index contributed by atoms with van der Waals surface area (Å²) in [6.45, 7) is 4.50. The van der Waals surface area contributed by atoms with Crippen LogP contribution in [-0.2, 0) is 0 Å². The van der Waals surface area contributed by atoms with Crippen LogP contribution in [0.3, 0.4) is 0 Å². The molecule has 1 aromatic carbocycles. The van der Waals surface area contributed by atoms with Crippen LogP contribution >= 0.6 is 0 Å². The van der Waals surface area contributed by atoms with Crippen LogP contribution in [0.15, 0.2) is 42.5 Å². The summed E-state index contributed by atoms with van der Waals surface area (Å²) in [5.74, 6) is 1.00. The molecule has 1 atom stereocenters. The molecule has 0 spiro atoms. The summed E-state index contributed by atoms with van der Waals surface area (Å²) in [6, 6.07) is 13.3. The van der Waals surface area contributed by atoms with E-state index in [1.165, 1.54) is 11.6 Å². The number of nitrogens with zero attached hydrogens (tertiary/aromatic N) is 2. The molecular weight excluding hydrogens is 254 g/mol. The highest BCUT2D eigenvalue weighted by molar-refractivity contribution is 5.45. The lowest BCUT2D eigenvalue weighted by atomic mass is 10.0. The van der Waals surface area contributed by atoms with Crippen LogP contribution in [0.1, 0.15) is 24.1 Å². The van der Waals surface area contributed by atoms with Crippen LogP contribution in [-0.4, -0.2) is 16.5 Å². The number of nitro groups is 1. The Morgan fingerprint density at radius 2 is 1.95 bits per heavy atom. The fourth-order valence-corrected chi connectivity index (χ4v) is 2.00. The zero-order chi connectivity index (χ0) is 14.5. The molecule has 104 valence electrons. The Morgan fingerprint density at radius 1 is 1.25 bits per heavy atom. The quantitative estimate of drug-likeness (QED) is 0.667. The summed E-state index contributed by atoms with van der Waals surface area (Å²) in [7, 11) is 0. The number of aryl methyl sites for hydroxylation is 1. The third-order valence-electron chi connectivity index (χ3n) is 3.21. The number of benzene rings is 1. The van der Waals surface area contributed by atoms with Crippen molar-refractivity contribution in [3.8, 4) is 0 Å². The van der Waals surface area contributed by atoms with E-state index in [2.05, 4.69) is 29.4 Å². The Kier molecular flexibility index (Phi) is 4.30. The standard InChI is InChI=1S/C15H17N3O2/c1-11(13-6-4-3-5-7-13)10-16-15-9-8-14(18(19)20)12(2)17-15/h3-9,11H,10H2,1-2H3,(H,16,17). The molecule has 1 unspecified atom stereocenters. The zero-order valence-corrected chi connectivity index (χ0v) is 11.5. The lowest BCUT2D eigenvalue weighted by Gasteiger charge is -2.13. The Bertz CT molecular complexity index is 599. The Hall–Kier alpha value is -2.43. The van der Waals surface area contributed by atoms with Crippen LogP contribution in [0.2, 0.25) is 0 Å². The van der Waals surface area contributed by atoms with Crippen molar-refractivity contribution in [2.75, 3.05) is 11.9 Å². The van der Waals surface area contributed by atoms with Gasteiger partial charge in [-0.3, -0.25) is 10.1 Å². The van der Waals surface area contributed by atoms with E-state index < -0.39 is 4.92 Å². The zero-order valence-electron chi connectivity index (χ0n) is 11.5. The second-order valence-electron chi connectivity index (χ2n) is 4.75. The number of pyridine rings is 1. The molecule has 0 bridgehead atoms. The molecule has 1 N–H and O–H groups in total. The fourth-order valence-electron chi connectivity index (χ4n) is 2.00. The first kappa shape index (κ1) is 14.0. The van der Waals surface area contributed by atoms with Crippen molar-refractivity contribution in [3.05, 3.63) is 63.8 Å². The van der Waals surface area contributed by atoms with Gasteiger partial charge in [0.05, 0.1) is 4.92 Å². The molecule has 2 aromatic rings. The Labute approximate surface area is 117 Å². The van der Waals surface area contributed by atoms with E-state index in [-0.39, 0.29) is 5.69 Å². The van der Waals surface area contributed by atoms with Crippen molar-refractivity contribution < 1.29 is 4.92 Å². The van der Waals surface area contributed by atoms with Crippen molar-refractivity contribution in [1.29, 1.82) is 0 Å². The molecule has 2 rings (SSSR count). The van der Waals surface area contributed by atoms with Gasteiger partial charge in [-0.1, -0.05) is 37.3 Å². The maximum absolute atomic E-state index is 10.7. The van der Waals surface area contributed by atoms with Crippen LogP contribution in [0.4, 0.5) is 11.5 Å². The lowest BCUT2D eigenvalue weighted by Crippen LogP contribution is -2.11. The van der Waals surface area contributed by atoms with Crippen molar-refractivity contribution >= 4 is 11.5 Å². The average molecular weight is 271 g/mol. The summed E-state index contributed by atoms with van der Waals surface area (Å²) in [5, 5.41) is 13.9. The first-order valence-electron chi connectivity index (χ1n) is 6.49. The Morgan fingerprint density at radius 3 is 2.55 bits per heavy atom. The number of aromatic nitrogens is 1. The van der Waals surface area contributed by atoms with Crippen molar-refractivity contribution in [2.24, 2.45) is 0 Å². The number of nitrogens with one attached hydrogen (secondary N) is 1. The van der Waals surface area contributed by atoms with E-state index in [0.717, 1.165) is 6.54 Å². The molecule has 0 saturated carbocycles. The van der Waals surface area contributed by atoms with Gasteiger partial charge in [0.25, 0.3) is 5.69 Å². The second kappa shape index (κ2) is 6.14. The second-order valence-corrected chi connectivity index (χ2v) is 4.75. The van der Waals surface area contributed by atoms with Crippen LogP contribution in [0.5, 0.6) is 0 Å². The van der Waals surface area contributed by atoms with E-state index in [0.29, 0.717) is 17.4 Å². The summed E-state index contributed by atoms with van der Waals surface area (Å²) in [5.41, 5.74) is 1.72. The van der Waals surface area contributed by atoms with Crippen LogP contribution < -0.4 is 5.32 Å². The molecule has 5 nitrogen and oxygen atoms in total. The van der Waals surface area contributed by atoms with E-state index in [1.807, 2.05) is 18.2 Å². The van der Waals surface area contributed by atoms with E-state index in [9.17, 15) is 10.1 Å². The van der Waals surface area contributed by atoms with Crippen LogP contribution in [0, 0.1) is 17.0 Å². The highest BCUT2D eigenvalue weighted by Gasteiger charge is 2.12. The minimum Gasteiger partial charge on any atom is -0.369 e. The largest absolute Gasteiger partial charge is 0.369 e. The van der Waals surface area contributed by atoms with Crippen molar-refractivity contribution in [1.82, 2.24) is 4.98 Å². The van der Waals surface area contributed by atoms with Gasteiger partial charge in [0.2, 0.25) is 0 Å². The van der Waals surface area contributed by atoms with E-state index in [1.54, 1.807) is 13.0 Å². The molecule has 5 heteroatoms. The summed E-state index contributed by atoms with van der Waals surface area (Å²) < 4.78 is 0. The topological polar surface area (TPSA) is 68.1 Å². The summed E-state index contributed by atoms with van der Waals surface area (Å²) >= 11 is 0. The first-order valence-corrected chi connectivity index (χ1v) is 6.49. The van der Waals surface area contributed by atoms with Gasteiger partial charge in [-0.25, -0.2) is 4.98 Å². The highest BCUT2D eigenvalue weighted by atomic mass is 16.6. The third-order valence-corrected chi connectivity index (χ3v) is 3.21. The van der Waals surface area contributed by atoms with Gasteiger partial charge in [0, 0.05) is 12.6 Å². The molecule has 1 aromatic heterocycles. The van der Waals surface area contributed by atoms with E-state index >= 15 is 0 Å². The van der Waals surface area contributed by atoms with Crippen molar-refractivity contribution in [3.63, 3.8) is 0 Å². The number of rotatable bonds is 5. The van der Waals surface area contributed by atoms with Gasteiger partial charge < -0.3 is 5.32 Å². The summed E-state index contributed by atoms with van der Waals surface area (Å²) in [6.07, 6.45) is 0. The molecule has 0 radical (unpaired) electrons. The molecule has 0 aliphatic heterocycles. The maximum atomic E-state index is 10.7. The van der Waals surface area contributed by atoms with Gasteiger partial charge in [-0.05, 0) is 24.5 Å². The third kappa shape index (κ3) is 3.32. The molecule has 0 amide bonds. The van der Waals surface area contributed by atoms with Gasteiger partial charge in [-0.15, -0.1) is 0 Å². The first-order chi connectivity index (χ1) is 9.58. The van der Waals surface area contributed by atoms with Gasteiger partial charge in [0.1, 0.15) is 11.5 Å². The van der Waals surface area contributed by atoms with Crippen molar-refractivity contribution in [2.45, 2.75) is 19.8 Å². The fraction of sp³-hybridized carbons (Fsp3) is 0.267. The molecular formula is C15H17N3O2. The summed E-state index contributed by atoms with van der Waals surface area (Å²) in [4.78, 5) is 14.5. The molecule has 1 heterocycles. The normalized spacial score (nSPS) is 11.9. The molecule has 0 saturated heterocycles. The van der Waals surface area contributed by atoms with Crippen LogP contribution in [0.25, 0.3) is 0 Å². The minimum absolute atomic E-state index is 0.0478. The monoisotopic (exact) mass is 271 g/mol. The molecule has 0 aliphatic carbocycles. The number of hydrogen-bond acceptors (Lipinski definition) is 4.